The second kappa shape index (κ2) is 6.27. The molecule has 0 bridgehead atoms. The summed E-state index contributed by atoms with van der Waals surface area (Å²) >= 11 is 0. The van der Waals surface area contributed by atoms with E-state index in [9.17, 15) is 9.59 Å². The van der Waals surface area contributed by atoms with Crippen molar-refractivity contribution in [1.29, 1.82) is 5.26 Å². The molecule has 0 radical (unpaired) electrons. The molecule has 6 nitrogen and oxygen atoms in total. The number of nitrogens with one attached hydrogen (secondary N) is 1. The van der Waals surface area contributed by atoms with Crippen molar-refractivity contribution >= 4 is 12.0 Å². The molecule has 0 aromatic heterocycles. The van der Waals surface area contributed by atoms with Crippen LogP contribution in [0.2, 0.25) is 0 Å². The highest BCUT2D eigenvalue weighted by Crippen LogP contribution is 2.23. The lowest BCUT2D eigenvalue weighted by Crippen LogP contribution is -2.38. The summed E-state index contributed by atoms with van der Waals surface area (Å²) in [6.07, 6.45) is 0. The third kappa shape index (κ3) is 3.51. The Morgan fingerprint density at radius 3 is 2.57 bits per heavy atom. The number of nitrogens with zero attached hydrogens (tertiary/aromatic N) is 2. The molecule has 1 heterocycles. The highest BCUT2D eigenvalue weighted by Gasteiger charge is 2.36. The van der Waals surface area contributed by atoms with E-state index in [4.69, 9.17) is 10.4 Å². The van der Waals surface area contributed by atoms with E-state index in [1.807, 2.05) is 13.0 Å². The zero-order valence-electron chi connectivity index (χ0n) is 11.7. The molecule has 0 spiro atoms. The highest BCUT2D eigenvalue weighted by atomic mass is 16.4. The van der Waals surface area contributed by atoms with Crippen molar-refractivity contribution in [3.8, 4) is 6.07 Å². The first-order valence-corrected chi connectivity index (χ1v) is 6.76. The van der Waals surface area contributed by atoms with Crippen LogP contribution in [0.5, 0.6) is 0 Å². The molecule has 2 atom stereocenters. The highest BCUT2D eigenvalue weighted by molar-refractivity contribution is 5.77. The zero-order chi connectivity index (χ0) is 15.4. The lowest BCUT2D eigenvalue weighted by molar-refractivity contribution is -0.142. The molecular weight excluding hydrogens is 270 g/mol. The van der Waals surface area contributed by atoms with Crippen LogP contribution in [0, 0.1) is 23.2 Å². The summed E-state index contributed by atoms with van der Waals surface area (Å²) in [5.41, 5.74) is 1.46. The number of nitriles is 1. The molecular formula is C15H17N3O3. The largest absolute Gasteiger partial charge is 0.481 e. The number of rotatable bonds is 3. The molecule has 0 unspecified atom stereocenters. The number of amides is 2. The van der Waals surface area contributed by atoms with Crippen molar-refractivity contribution in [2.45, 2.75) is 13.5 Å². The summed E-state index contributed by atoms with van der Waals surface area (Å²) in [4.78, 5) is 24.6. The van der Waals surface area contributed by atoms with Gasteiger partial charge in [0.15, 0.2) is 0 Å². The van der Waals surface area contributed by atoms with Gasteiger partial charge in [0.2, 0.25) is 0 Å². The maximum absolute atomic E-state index is 12.0. The van der Waals surface area contributed by atoms with E-state index in [0.717, 1.165) is 5.56 Å². The van der Waals surface area contributed by atoms with Gasteiger partial charge < -0.3 is 15.3 Å². The number of carbonyl (C=O) groups is 2. The number of aliphatic carboxylic acids is 1. The minimum atomic E-state index is -0.857. The maximum atomic E-state index is 12.0. The van der Waals surface area contributed by atoms with E-state index in [0.29, 0.717) is 18.7 Å². The minimum Gasteiger partial charge on any atom is -0.481 e. The fraction of sp³-hybridized carbons (Fsp3) is 0.400. The van der Waals surface area contributed by atoms with Crippen molar-refractivity contribution in [2.75, 3.05) is 13.1 Å². The topological polar surface area (TPSA) is 93.4 Å². The molecule has 1 fully saturated rings. The predicted molar refractivity (Wildman–Crippen MR) is 75.3 cm³/mol. The Hall–Kier alpha value is -2.55. The van der Waals surface area contributed by atoms with Crippen molar-refractivity contribution < 1.29 is 14.7 Å². The summed E-state index contributed by atoms with van der Waals surface area (Å²) < 4.78 is 0. The van der Waals surface area contributed by atoms with E-state index in [1.54, 1.807) is 24.3 Å². The van der Waals surface area contributed by atoms with E-state index in [1.165, 1.54) is 4.90 Å². The van der Waals surface area contributed by atoms with E-state index < -0.39 is 11.9 Å². The van der Waals surface area contributed by atoms with Gasteiger partial charge in [-0.05, 0) is 23.6 Å². The van der Waals surface area contributed by atoms with Crippen LogP contribution in [-0.4, -0.2) is 35.1 Å². The zero-order valence-corrected chi connectivity index (χ0v) is 11.7. The van der Waals surface area contributed by atoms with E-state index in [2.05, 4.69) is 5.32 Å². The van der Waals surface area contributed by atoms with Gasteiger partial charge in [-0.3, -0.25) is 4.79 Å². The molecule has 2 N–H and O–H groups in total. The van der Waals surface area contributed by atoms with Gasteiger partial charge in [0.25, 0.3) is 0 Å². The minimum absolute atomic E-state index is 0.0387. The number of hydrogen-bond acceptors (Lipinski definition) is 3. The van der Waals surface area contributed by atoms with Crippen molar-refractivity contribution in [3.63, 3.8) is 0 Å². The smallest absolute Gasteiger partial charge is 0.317 e. The van der Waals surface area contributed by atoms with Gasteiger partial charge in [-0.15, -0.1) is 0 Å². The van der Waals surface area contributed by atoms with Gasteiger partial charge in [0.05, 0.1) is 17.6 Å². The standard InChI is InChI=1S/C15H17N3O3/c1-10-8-18(9-13(10)14(19)20)15(21)17-7-12-4-2-11(6-16)3-5-12/h2-5,10,13H,7-9H2,1H3,(H,17,21)(H,19,20)/t10-,13-/m1/s1. The molecule has 21 heavy (non-hydrogen) atoms. The summed E-state index contributed by atoms with van der Waals surface area (Å²) in [5, 5.41) is 20.5. The van der Waals surface area contributed by atoms with Gasteiger partial charge in [-0.25, -0.2) is 4.79 Å². The van der Waals surface area contributed by atoms with E-state index in [-0.39, 0.29) is 18.5 Å². The molecule has 6 heteroatoms. The quantitative estimate of drug-likeness (QED) is 0.879. The Morgan fingerprint density at radius 2 is 2.05 bits per heavy atom. The Labute approximate surface area is 123 Å². The summed E-state index contributed by atoms with van der Waals surface area (Å²) in [5.74, 6) is -1.39. The lowest BCUT2D eigenvalue weighted by atomic mass is 9.99. The van der Waals surface area contributed by atoms with Crippen LogP contribution < -0.4 is 5.32 Å². The second-order valence-electron chi connectivity index (χ2n) is 5.29. The molecule has 1 saturated heterocycles. The van der Waals surface area contributed by atoms with Crippen molar-refractivity contribution in [2.24, 2.45) is 11.8 Å². The van der Waals surface area contributed by atoms with Gasteiger partial charge in [0, 0.05) is 19.6 Å². The average Bonchev–Trinajstić information content (AvgIpc) is 2.87. The molecule has 1 aromatic rings. The first-order valence-electron chi connectivity index (χ1n) is 6.76. The molecule has 110 valence electrons. The van der Waals surface area contributed by atoms with Crippen molar-refractivity contribution in [1.82, 2.24) is 10.2 Å². The lowest BCUT2D eigenvalue weighted by Gasteiger charge is -2.16. The molecule has 2 rings (SSSR count). The first kappa shape index (κ1) is 14.9. The number of carboxylic acids is 1. The fourth-order valence-corrected chi connectivity index (χ4v) is 2.44. The number of likely N-dealkylation sites (tertiary alicyclic amines) is 1. The summed E-state index contributed by atoms with van der Waals surface area (Å²) in [6.45, 7) is 2.89. The van der Waals surface area contributed by atoms with Crippen LogP contribution >= 0.6 is 0 Å². The van der Waals surface area contributed by atoms with Crippen LogP contribution in [0.4, 0.5) is 4.79 Å². The molecule has 2 amide bonds. The third-order valence-corrected chi connectivity index (χ3v) is 3.74. The molecule has 0 saturated carbocycles. The Kier molecular flexibility index (Phi) is 4.43. The summed E-state index contributed by atoms with van der Waals surface area (Å²) in [6, 6.07) is 8.73. The van der Waals surface area contributed by atoms with Crippen LogP contribution in [0.1, 0.15) is 18.1 Å². The number of hydrogen-bond donors (Lipinski definition) is 2. The summed E-state index contributed by atoms with van der Waals surface area (Å²) in [7, 11) is 0. The van der Waals surface area contributed by atoms with Gasteiger partial charge >= 0.3 is 12.0 Å². The Morgan fingerprint density at radius 1 is 1.38 bits per heavy atom. The molecule has 1 aliphatic heterocycles. The van der Waals surface area contributed by atoms with Crippen LogP contribution in [-0.2, 0) is 11.3 Å². The van der Waals surface area contributed by atoms with Gasteiger partial charge in [-0.2, -0.15) is 5.26 Å². The normalized spacial score (nSPS) is 20.9. The fourth-order valence-electron chi connectivity index (χ4n) is 2.44. The monoisotopic (exact) mass is 287 g/mol. The molecule has 1 aromatic carbocycles. The second-order valence-corrected chi connectivity index (χ2v) is 5.29. The molecule has 1 aliphatic rings. The molecule has 0 aliphatic carbocycles. The maximum Gasteiger partial charge on any atom is 0.317 e. The van der Waals surface area contributed by atoms with E-state index >= 15 is 0 Å². The Bertz CT molecular complexity index is 577. The number of urea groups is 1. The predicted octanol–water partition coefficient (Wildman–Crippen LogP) is 1.42. The average molecular weight is 287 g/mol. The number of carbonyl (C=O) groups excluding carboxylic acids is 1. The number of benzene rings is 1. The number of carboxylic acid groups (broad SMARTS) is 1. The van der Waals surface area contributed by atoms with Crippen LogP contribution in [0.15, 0.2) is 24.3 Å². The van der Waals surface area contributed by atoms with Crippen LogP contribution in [0.25, 0.3) is 0 Å². The van der Waals surface area contributed by atoms with Gasteiger partial charge in [0.1, 0.15) is 0 Å². The first-order chi connectivity index (χ1) is 10.0. The SMILES string of the molecule is C[C@@H]1CN(C(=O)NCc2ccc(C#N)cc2)C[C@H]1C(=O)O. The van der Waals surface area contributed by atoms with Gasteiger partial charge in [-0.1, -0.05) is 19.1 Å². The van der Waals surface area contributed by atoms with Crippen LogP contribution in [0.3, 0.4) is 0 Å². The Balaban J connectivity index is 1.87. The third-order valence-electron chi connectivity index (χ3n) is 3.74. The van der Waals surface area contributed by atoms with Crippen molar-refractivity contribution in [3.05, 3.63) is 35.4 Å².